The lowest BCUT2D eigenvalue weighted by Gasteiger charge is -2.30. The first-order chi connectivity index (χ1) is 16.0. The van der Waals surface area contributed by atoms with E-state index in [-0.39, 0.29) is 23.9 Å². The predicted octanol–water partition coefficient (Wildman–Crippen LogP) is 4.54. The van der Waals surface area contributed by atoms with Gasteiger partial charge in [-0.2, -0.15) is 5.26 Å². The zero-order chi connectivity index (χ0) is 23.2. The number of rotatable bonds is 6. The Hall–Kier alpha value is -2.78. The summed E-state index contributed by atoms with van der Waals surface area (Å²) >= 11 is 0. The number of carbonyl (C=O) groups is 1. The Morgan fingerprint density at radius 3 is 2.55 bits per heavy atom. The van der Waals surface area contributed by atoms with Crippen molar-refractivity contribution in [2.75, 3.05) is 19.6 Å². The van der Waals surface area contributed by atoms with E-state index in [0.29, 0.717) is 5.92 Å². The molecule has 2 aromatic carbocycles. The lowest BCUT2D eigenvalue weighted by molar-refractivity contribution is -0.121. The average Bonchev–Trinajstić information content (AvgIpc) is 3.02. The highest BCUT2D eigenvalue weighted by molar-refractivity contribution is 5.78. The van der Waals surface area contributed by atoms with E-state index in [1.807, 2.05) is 12.1 Å². The molecular formula is C27H31F2N3O. The van der Waals surface area contributed by atoms with Crippen LogP contribution in [0.4, 0.5) is 8.78 Å². The highest BCUT2D eigenvalue weighted by Crippen LogP contribution is 2.28. The van der Waals surface area contributed by atoms with Gasteiger partial charge in [-0.25, -0.2) is 8.78 Å². The van der Waals surface area contributed by atoms with Gasteiger partial charge in [0.1, 0.15) is 11.6 Å². The summed E-state index contributed by atoms with van der Waals surface area (Å²) in [5, 5.41) is 12.1. The molecule has 0 unspecified atom stereocenters. The number of nitrogens with zero attached hydrogens (tertiary/aromatic N) is 2. The molecule has 0 bridgehead atoms. The standard InChI is InChI=1S/C27H31F2N3O/c28-24-5-8-26(29)23(16-24)17-27(33)31-25-6-2-19(3-7-25)9-12-32-13-10-21-4-1-20(18-30)15-22(21)11-14-32/h1,4-5,8,15-16,19,25H,2-3,6-7,9-14,17H2,(H,31,33). The van der Waals surface area contributed by atoms with E-state index in [4.69, 9.17) is 5.26 Å². The number of nitriles is 1. The van der Waals surface area contributed by atoms with Crippen LogP contribution in [0.5, 0.6) is 0 Å². The molecule has 4 rings (SSSR count). The van der Waals surface area contributed by atoms with Crippen molar-refractivity contribution in [3.8, 4) is 6.07 Å². The molecule has 0 aromatic heterocycles. The first kappa shape index (κ1) is 23.4. The quantitative estimate of drug-likeness (QED) is 0.701. The molecule has 1 saturated carbocycles. The summed E-state index contributed by atoms with van der Waals surface area (Å²) in [6.07, 6.45) is 7.10. The third-order valence-corrected chi connectivity index (χ3v) is 7.15. The average molecular weight is 452 g/mol. The number of amides is 1. The normalized spacial score (nSPS) is 21.0. The van der Waals surface area contributed by atoms with Crippen molar-refractivity contribution >= 4 is 5.91 Å². The minimum Gasteiger partial charge on any atom is -0.353 e. The van der Waals surface area contributed by atoms with Crippen LogP contribution in [0.1, 0.15) is 54.4 Å². The number of fused-ring (bicyclic) bond motifs is 1. The Morgan fingerprint density at radius 1 is 1.03 bits per heavy atom. The van der Waals surface area contributed by atoms with Gasteiger partial charge >= 0.3 is 0 Å². The van der Waals surface area contributed by atoms with Crippen molar-refractivity contribution in [2.24, 2.45) is 5.92 Å². The molecule has 2 aliphatic rings. The molecule has 4 nitrogen and oxygen atoms in total. The van der Waals surface area contributed by atoms with Gasteiger partial charge in [0.25, 0.3) is 0 Å². The van der Waals surface area contributed by atoms with Crippen LogP contribution < -0.4 is 5.32 Å². The van der Waals surface area contributed by atoms with Crippen molar-refractivity contribution < 1.29 is 13.6 Å². The zero-order valence-electron chi connectivity index (χ0n) is 19.0. The maximum atomic E-state index is 13.8. The first-order valence-electron chi connectivity index (χ1n) is 12.0. The van der Waals surface area contributed by atoms with Crippen molar-refractivity contribution in [1.82, 2.24) is 10.2 Å². The fourth-order valence-corrected chi connectivity index (χ4v) is 5.16. The number of hydrogen-bond donors (Lipinski definition) is 1. The molecule has 0 saturated heterocycles. The van der Waals surface area contributed by atoms with Gasteiger partial charge in [-0.05, 0) is 98.9 Å². The lowest BCUT2D eigenvalue weighted by Crippen LogP contribution is -2.39. The maximum absolute atomic E-state index is 13.8. The molecule has 33 heavy (non-hydrogen) atoms. The second-order valence-electron chi connectivity index (χ2n) is 9.42. The monoisotopic (exact) mass is 451 g/mol. The van der Waals surface area contributed by atoms with Gasteiger partial charge in [-0.15, -0.1) is 0 Å². The molecule has 1 fully saturated rings. The lowest BCUT2D eigenvalue weighted by atomic mass is 9.84. The van der Waals surface area contributed by atoms with Crippen LogP contribution in [0.3, 0.4) is 0 Å². The third kappa shape index (κ3) is 6.39. The zero-order valence-corrected chi connectivity index (χ0v) is 19.0. The van der Waals surface area contributed by atoms with E-state index in [9.17, 15) is 13.6 Å². The molecule has 1 heterocycles. The Balaban J connectivity index is 1.17. The van der Waals surface area contributed by atoms with E-state index in [0.717, 1.165) is 88.3 Å². The number of benzene rings is 2. The van der Waals surface area contributed by atoms with Gasteiger partial charge in [0.05, 0.1) is 18.1 Å². The van der Waals surface area contributed by atoms with Gasteiger partial charge in [-0.3, -0.25) is 4.79 Å². The van der Waals surface area contributed by atoms with Crippen molar-refractivity contribution in [3.63, 3.8) is 0 Å². The second kappa shape index (κ2) is 10.9. The van der Waals surface area contributed by atoms with Crippen LogP contribution in [0, 0.1) is 28.9 Å². The van der Waals surface area contributed by atoms with Crippen LogP contribution in [0.25, 0.3) is 0 Å². The van der Waals surface area contributed by atoms with Gasteiger partial charge in [0.15, 0.2) is 0 Å². The van der Waals surface area contributed by atoms with Crippen molar-refractivity contribution in [1.29, 1.82) is 5.26 Å². The fraction of sp³-hybridized carbons (Fsp3) is 0.481. The van der Waals surface area contributed by atoms with Crippen molar-refractivity contribution in [3.05, 3.63) is 70.3 Å². The molecule has 1 aliphatic heterocycles. The van der Waals surface area contributed by atoms with Gasteiger partial charge in [0.2, 0.25) is 5.91 Å². The summed E-state index contributed by atoms with van der Waals surface area (Å²) in [6.45, 7) is 3.17. The Bertz CT molecular complexity index is 1020. The molecule has 6 heteroatoms. The van der Waals surface area contributed by atoms with Gasteiger partial charge in [0, 0.05) is 24.7 Å². The van der Waals surface area contributed by atoms with Crippen LogP contribution in [0.15, 0.2) is 36.4 Å². The highest BCUT2D eigenvalue weighted by Gasteiger charge is 2.24. The Morgan fingerprint density at radius 2 is 1.79 bits per heavy atom. The van der Waals surface area contributed by atoms with E-state index in [1.54, 1.807) is 0 Å². The summed E-state index contributed by atoms with van der Waals surface area (Å²) in [7, 11) is 0. The van der Waals surface area contributed by atoms with E-state index < -0.39 is 11.6 Å². The van der Waals surface area contributed by atoms with E-state index in [2.05, 4.69) is 22.4 Å². The number of carbonyl (C=O) groups excluding carboxylic acids is 1. The Labute approximate surface area is 194 Å². The largest absolute Gasteiger partial charge is 0.353 e. The summed E-state index contributed by atoms with van der Waals surface area (Å²) in [4.78, 5) is 14.8. The fourth-order valence-electron chi connectivity index (χ4n) is 5.16. The van der Waals surface area contributed by atoms with Crippen LogP contribution in [-0.4, -0.2) is 36.5 Å². The number of nitrogens with one attached hydrogen (secondary N) is 1. The molecule has 1 N–H and O–H groups in total. The summed E-state index contributed by atoms with van der Waals surface area (Å²) in [6, 6.07) is 11.6. The summed E-state index contributed by atoms with van der Waals surface area (Å²) in [5.41, 5.74) is 3.52. The van der Waals surface area contributed by atoms with Gasteiger partial charge < -0.3 is 10.2 Å². The SMILES string of the molecule is N#Cc1ccc2c(c1)CCN(CCC1CCC(NC(=O)Cc3cc(F)ccc3F)CC1)CC2. The Kier molecular flexibility index (Phi) is 7.72. The minimum atomic E-state index is -0.544. The highest BCUT2D eigenvalue weighted by atomic mass is 19.1. The van der Waals surface area contributed by atoms with E-state index in [1.165, 1.54) is 11.1 Å². The molecule has 174 valence electrons. The molecule has 1 aliphatic carbocycles. The maximum Gasteiger partial charge on any atom is 0.224 e. The predicted molar refractivity (Wildman–Crippen MR) is 124 cm³/mol. The second-order valence-corrected chi connectivity index (χ2v) is 9.42. The molecule has 0 atom stereocenters. The third-order valence-electron chi connectivity index (χ3n) is 7.15. The van der Waals surface area contributed by atoms with E-state index >= 15 is 0 Å². The van der Waals surface area contributed by atoms with Crippen LogP contribution in [0.2, 0.25) is 0 Å². The first-order valence-corrected chi connectivity index (χ1v) is 12.0. The van der Waals surface area contributed by atoms with Crippen LogP contribution >= 0.6 is 0 Å². The molecule has 2 aromatic rings. The van der Waals surface area contributed by atoms with Gasteiger partial charge in [-0.1, -0.05) is 6.07 Å². The van der Waals surface area contributed by atoms with Crippen LogP contribution in [-0.2, 0) is 24.1 Å². The minimum absolute atomic E-state index is 0.102. The molecule has 0 spiro atoms. The molecule has 0 radical (unpaired) electrons. The summed E-state index contributed by atoms with van der Waals surface area (Å²) < 4.78 is 27.1. The summed E-state index contributed by atoms with van der Waals surface area (Å²) in [5.74, 6) is -0.654. The number of hydrogen-bond acceptors (Lipinski definition) is 3. The molecule has 1 amide bonds. The number of halogens is 2. The van der Waals surface area contributed by atoms with Crippen molar-refractivity contribution in [2.45, 2.75) is 57.4 Å². The smallest absolute Gasteiger partial charge is 0.224 e. The molecular weight excluding hydrogens is 420 g/mol. The topological polar surface area (TPSA) is 56.1 Å².